The van der Waals surface area contributed by atoms with E-state index in [-0.39, 0.29) is 17.9 Å². The molecule has 0 bridgehead atoms. The quantitative estimate of drug-likeness (QED) is 0.875. The van der Waals surface area contributed by atoms with Crippen molar-refractivity contribution in [1.29, 1.82) is 5.26 Å². The molecule has 1 fully saturated rings. The zero-order valence-electron chi connectivity index (χ0n) is 12.3. The number of hydrogen-bond acceptors (Lipinski definition) is 6. The minimum absolute atomic E-state index is 0.153. The van der Waals surface area contributed by atoms with Crippen LogP contribution in [0.1, 0.15) is 30.3 Å². The van der Waals surface area contributed by atoms with Gasteiger partial charge in [0.05, 0.1) is 6.10 Å². The number of aryl methyl sites for hydroxylation is 1. The standard InChI is InChI=1S/C15H18N6O/c1-21-9-19-20-15(21)10-4-11(14(22)5-10)8-18-12-2-3-17-13(6-12)7-16/h2-3,6,9-11,14,22H,4-5,8H2,1H3,(H,17,18)/t10-,11+,14+/m0/s1. The molecule has 2 N–H and O–H groups in total. The molecule has 1 aliphatic carbocycles. The van der Waals surface area contributed by atoms with Crippen LogP contribution in [0.3, 0.4) is 0 Å². The van der Waals surface area contributed by atoms with Gasteiger partial charge in [0, 0.05) is 37.3 Å². The van der Waals surface area contributed by atoms with Crippen LogP contribution in [0.4, 0.5) is 5.69 Å². The molecule has 0 unspecified atom stereocenters. The number of rotatable bonds is 4. The molecule has 0 aromatic carbocycles. The highest BCUT2D eigenvalue weighted by atomic mass is 16.3. The van der Waals surface area contributed by atoms with Crippen LogP contribution < -0.4 is 5.32 Å². The molecular weight excluding hydrogens is 280 g/mol. The first-order chi connectivity index (χ1) is 10.7. The second-order valence-corrected chi connectivity index (χ2v) is 5.72. The zero-order chi connectivity index (χ0) is 15.5. The van der Waals surface area contributed by atoms with Gasteiger partial charge in [-0.2, -0.15) is 5.26 Å². The average molecular weight is 298 g/mol. The van der Waals surface area contributed by atoms with Crippen molar-refractivity contribution in [2.75, 3.05) is 11.9 Å². The minimum atomic E-state index is -0.355. The van der Waals surface area contributed by atoms with Crippen molar-refractivity contribution in [3.63, 3.8) is 0 Å². The van der Waals surface area contributed by atoms with E-state index in [0.29, 0.717) is 18.7 Å². The van der Waals surface area contributed by atoms with Crippen molar-refractivity contribution in [1.82, 2.24) is 19.7 Å². The van der Waals surface area contributed by atoms with Crippen LogP contribution in [0.2, 0.25) is 0 Å². The number of aliphatic hydroxyl groups is 1. The number of nitrogens with one attached hydrogen (secondary N) is 1. The molecule has 7 heteroatoms. The van der Waals surface area contributed by atoms with Gasteiger partial charge in [0.15, 0.2) is 0 Å². The van der Waals surface area contributed by atoms with Gasteiger partial charge < -0.3 is 15.0 Å². The van der Waals surface area contributed by atoms with Crippen LogP contribution in [0.15, 0.2) is 24.7 Å². The van der Waals surface area contributed by atoms with Crippen LogP contribution in [-0.4, -0.2) is 37.5 Å². The number of aliphatic hydroxyl groups excluding tert-OH is 1. The molecule has 3 rings (SSSR count). The van der Waals surface area contributed by atoms with Gasteiger partial charge in [-0.3, -0.25) is 0 Å². The Morgan fingerprint density at radius 2 is 2.36 bits per heavy atom. The lowest BCUT2D eigenvalue weighted by molar-refractivity contribution is 0.137. The first kappa shape index (κ1) is 14.5. The summed E-state index contributed by atoms with van der Waals surface area (Å²) >= 11 is 0. The van der Waals surface area contributed by atoms with Crippen molar-refractivity contribution in [2.45, 2.75) is 24.9 Å². The summed E-state index contributed by atoms with van der Waals surface area (Å²) in [5.74, 6) is 1.32. The fourth-order valence-electron chi connectivity index (χ4n) is 3.05. The molecule has 0 aliphatic heterocycles. The van der Waals surface area contributed by atoms with Crippen LogP contribution >= 0.6 is 0 Å². The van der Waals surface area contributed by atoms with E-state index >= 15 is 0 Å². The lowest BCUT2D eigenvalue weighted by Gasteiger charge is -2.15. The summed E-state index contributed by atoms with van der Waals surface area (Å²) in [6, 6.07) is 5.55. The Hall–Kier alpha value is -2.46. The maximum absolute atomic E-state index is 10.3. The van der Waals surface area contributed by atoms with E-state index in [9.17, 15) is 5.11 Å². The Balaban J connectivity index is 1.61. The highest BCUT2D eigenvalue weighted by Crippen LogP contribution is 2.37. The predicted octanol–water partition coefficient (Wildman–Crippen LogP) is 1.05. The Labute approximate surface area is 128 Å². The molecule has 0 amide bonds. The minimum Gasteiger partial charge on any atom is -0.393 e. The van der Waals surface area contributed by atoms with Gasteiger partial charge in [-0.25, -0.2) is 4.98 Å². The third-order valence-corrected chi connectivity index (χ3v) is 4.21. The van der Waals surface area contributed by atoms with E-state index in [2.05, 4.69) is 20.5 Å². The van der Waals surface area contributed by atoms with E-state index < -0.39 is 0 Å². The molecule has 0 saturated heterocycles. The van der Waals surface area contributed by atoms with Gasteiger partial charge in [0.2, 0.25) is 0 Å². The molecule has 114 valence electrons. The fraction of sp³-hybridized carbons (Fsp3) is 0.467. The first-order valence-electron chi connectivity index (χ1n) is 7.29. The lowest BCUT2D eigenvalue weighted by Crippen LogP contribution is -2.21. The summed E-state index contributed by atoms with van der Waals surface area (Å²) in [4.78, 5) is 3.94. The second-order valence-electron chi connectivity index (χ2n) is 5.72. The van der Waals surface area contributed by atoms with Crippen molar-refractivity contribution in [3.05, 3.63) is 36.2 Å². The highest BCUT2D eigenvalue weighted by Gasteiger charge is 2.35. The third kappa shape index (κ3) is 2.92. The van der Waals surface area contributed by atoms with Gasteiger partial charge >= 0.3 is 0 Å². The largest absolute Gasteiger partial charge is 0.393 e. The van der Waals surface area contributed by atoms with Gasteiger partial charge in [-0.15, -0.1) is 10.2 Å². The highest BCUT2D eigenvalue weighted by molar-refractivity contribution is 5.45. The molecule has 7 nitrogen and oxygen atoms in total. The van der Waals surface area contributed by atoms with Gasteiger partial charge in [0.25, 0.3) is 0 Å². The van der Waals surface area contributed by atoms with E-state index in [4.69, 9.17) is 5.26 Å². The lowest BCUT2D eigenvalue weighted by atomic mass is 10.0. The van der Waals surface area contributed by atoms with Crippen molar-refractivity contribution in [2.24, 2.45) is 13.0 Å². The molecule has 2 aromatic rings. The number of aromatic nitrogens is 4. The Bertz CT molecular complexity index is 691. The fourth-order valence-corrected chi connectivity index (χ4v) is 3.05. The maximum Gasteiger partial charge on any atom is 0.142 e. The van der Waals surface area contributed by atoms with Crippen molar-refractivity contribution < 1.29 is 5.11 Å². The van der Waals surface area contributed by atoms with Gasteiger partial charge in [-0.05, 0) is 25.0 Å². The molecule has 22 heavy (non-hydrogen) atoms. The summed E-state index contributed by atoms with van der Waals surface area (Å²) in [6.07, 6.45) is 4.52. The van der Waals surface area contributed by atoms with Crippen molar-refractivity contribution >= 4 is 5.69 Å². The van der Waals surface area contributed by atoms with Gasteiger partial charge in [0.1, 0.15) is 23.9 Å². The van der Waals surface area contributed by atoms with E-state index in [0.717, 1.165) is 17.9 Å². The number of hydrogen-bond donors (Lipinski definition) is 2. The number of anilines is 1. The molecule has 0 spiro atoms. The molecule has 1 aliphatic rings. The Kier molecular flexibility index (Phi) is 4.02. The normalized spacial score (nSPS) is 24.1. The van der Waals surface area contributed by atoms with Crippen LogP contribution in [0, 0.1) is 17.2 Å². The molecule has 1 saturated carbocycles. The topological polar surface area (TPSA) is 99.7 Å². The van der Waals surface area contributed by atoms with Crippen LogP contribution in [0.5, 0.6) is 0 Å². The first-order valence-corrected chi connectivity index (χ1v) is 7.29. The zero-order valence-corrected chi connectivity index (χ0v) is 12.3. The number of nitriles is 1. The smallest absolute Gasteiger partial charge is 0.142 e. The summed E-state index contributed by atoms with van der Waals surface area (Å²) in [5.41, 5.74) is 1.23. The monoisotopic (exact) mass is 298 g/mol. The Morgan fingerprint density at radius 3 is 3.09 bits per heavy atom. The SMILES string of the molecule is Cn1cnnc1[C@H]1C[C@H](CNc2ccnc(C#N)c2)[C@H](O)C1. The molecule has 3 atom stereocenters. The summed E-state index contributed by atoms with van der Waals surface area (Å²) < 4.78 is 1.91. The number of nitrogens with zero attached hydrogens (tertiary/aromatic N) is 5. The van der Waals surface area contributed by atoms with Crippen LogP contribution in [0.25, 0.3) is 0 Å². The molecule has 0 radical (unpaired) electrons. The van der Waals surface area contributed by atoms with E-state index in [1.807, 2.05) is 23.8 Å². The Morgan fingerprint density at radius 1 is 1.50 bits per heavy atom. The maximum atomic E-state index is 10.3. The van der Waals surface area contributed by atoms with Gasteiger partial charge in [-0.1, -0.05) is 0 Å². The molecular formula is C15H18N6O. The second kappa shape index (κ2) is 6.12. The average Bonchev–Trinajstić information content (AvgIpc) is 3.11. The van der Waals surface area contributed by atoms with E-state index in [1.165, 1.54) is 0 Å². The van der Waals surface area contributed by atoms with Crippen molar-refractivity contribution in [3.8, 4) is 6.07 Å². The van der Waals surface area contributed by atoms with E-state index in [1.54, 1.807) is 18.6 Å². The number of pyridine rings is 1. The summed E-state index contributed by atoms with van der Waals surface area (Å²) in [6.45, 7) is 0.657. The predicted molar refractivity (Wildman–Crippen MR) is 79.9 cm³/mol. The molecule has 2 heterocycles. The summed E-state index contributed by atoms with van der Waals surface area (Å²) in [5, 5.41) is 30.5. The van der Waals surface area contributed by atoms with Crippen LogP contribution in [-0.2, 0) is 7.05 Å². The summed E-state index contributed by atoms with van der Waals surface area (Å²) in [7, 11) is 1.92. The third-order valence-electron chi connectivity index (χ3n) is 4.21. The molecule has 2 aromatic heterocycles.